The summed E-state index contributed by atoms with van der Waals surface area (Å²) in [5.41, 5.74) is 6.42. The molecule has 0 aliphatic heterocycles. The zero-order valence-electron chi connectivity index (χ0n) is 12.0. The lowest BCUT2D eigenvalue weighted by atomic mass is 10.2. The van der Waals surface area contributed by atoms with Crippen molar-refractivity contribution in [1.29, 1.82) is 0 Å². The molecule has 1 aromatic rings. The maximum atomic E-state index is 11.9. The summed E-state index contributed by atoms with van der Waals surface area (Å²) in [7, 11) is -0.382. The number of sulfonamides is 1. The number of nitrogens with two attached hydrogens (primary N) is 1. The van der Waals surface area contributed by atoms with Gasteiger partial charge in [0.05, 0.1) is 11.5 Å². The van der Waals surface area contributed by atoms with Crippen LogP contribution in [0.3, 0.4) is 0 Å². The Balaban J connectivity index is 0.00000400. The van der Waals surface area contributed by atoms with Crippen molar-refractivity contribution in [2.75, 3.05) is 27.3 Å². The molecule has 0 radical (unpaired) electrons. The van der Waals surface area contributed by atoms with Gasteiger partial charge in [-0.1, -0.05) is 12.1 Å². The SMILES string of the molecule is CN=C(N)NCc1ccc(S(=O)(=O)NCCOC)cc1.I. The summed E-state index contributed by atoms with van der Waals surface area (Å²) in [4.78, 5) is 3.98. The number of guanidine groups is 1. The lowest BCUT2D eigenvalue weighted by Crippen LogP contribution is -2.30. The van der Waals surface area contributed by atoms with Crippen LogP contribution in [0.5, 0.6) is 0 Å². The van der Waals surface area contributed by atoms with E-state index in [-0.39, 0.29) is 35.4 Å². The van der Waals surface area contributed by atoms with Gasteiger partial charge in [0.2, 0.25) is 10.0 Å². The topological polar surface area (TPSA) is 106 Å². The molecule has 120 valence electrons. The van der Waals surface area contributed by atoms with E-state index >= 15 is 0 Å². The van der Waals surface area contributed by atoms with Crippen molar-refractivity contribution in [2.45, 2.75) is 11.4 Å². The van der Waals surface area contributed by atoms with Crippen molar-refractivity contribution in [3.63, 3.8) is 0 Å². The molecule has 0 bridgehead atoms. The predicted molar refractivity (Wildman–Crippen MR) is 93.3 cm³/mol. The molecule has 0 saturated heterocycles. The lowest BCUT2D eigenvalue weighted by molar-refractivity contribution is 0.204. The second-order valence-electron chi connectivity index (χ2n) is 4.00. The van der Waals surface area contributed by atoms with Crippen molar-refractivity contribution in [3.05, 3.63) is 29.8 Å². The van der Waals surface area contributed by atoms with Crippen molar-refractivity contribution < 1.29 is 13.2 Å². The first kappa shape index (κ1) is 20.1. The minimum absolute atomic E-state index is 0. The van der Waals surface area contributed by atoms with E-state index in [1.807, 2.05) is 0 Å². The number of ether oxygens (including phenoxy) is 1. The molecule has 0 aliphatic carbocycles. The van der Waals surface area contributed by atoms with Crippen LogP contribution in [0.4, 0.5) is 0 Å². The molecule has 0 aliphatic rings. The van der Waals surface area contributed by atoms with Crippen LogP contribution in [0.1, 0.15) is 5.56 Å². The van der Waals surface area contributed by atoms with Gasteiger partial charge < -0.3 is 15.8 Å². The highest BCUT2D eigenvalue weighted by atomic mass is 127. The number of nitrogens with zero attached hydrogens (tertiary/aromatic N) is 1. The summed E-state index contributed by atoms with van der Waals surface area (Å²) in [5.74, 6) is 0.336. The number of halogens is 1. The Labute approximate surface area is 142 Å². The Morgan fingerprint density at radius 1 is 1.33 bits per heavy atom. The van der Waals surface area contributed by atoms with Crippen LogP contribution in [0, 0.1) is 0 Å². The van der Waals surface area contributed by atoms with E-state index in [0.717, 1.165) is 5.56 Å². The van der Waals surface area contributed by atoms with Crippen molar-refractivity contribution >= 4 is 40.0 Å². The highest BCUT2D eigenvalue weighted by Crippen LogP contribution is 2.10. The Kier molecular flexibility index (Phi) is 9.49. The van der Waals surface area contributed by atoms with Gasteiger partial charge in [-0.05, 0) is 17.7 Å². The van der Waals surface area contributed by atoms with Crippen LogP contribution in [0.15, 0.2) is 34.2 Å². The zero-order chi connectivity index (χ0) is 15.0. The number of benzene rings is 1. The predicted octanol–water partition coefficient (Wildman–Crippen LogP) is 0.263. The third-order valence-corrected chi connectivity index (χ3v) is 4.02. The van der Waals surface area contributed by atoms with Crippen molar-refractivity contribution in [1.82, 2.24) is 10.0 Å². The van der Waals surface area contributed by atoms with Gasteiger partial charge >= 0.3 is 0 Å². The highest BCUT2D eigenvalue weighted by molar-refractivity contribution is 14.0. The number of aliphatic imine (C=N–C) groups is 1. The van der Waals surface area contributed by atoms with E-state index in [9.17, 15) is 8.42 Å². The quantitative estimate of drug-likeness (QED) is 0.250. The molecule has 0 atom stereocenters. The molecular weight excluding hydrogens is 407 g/mol. The molecule has 7 nitrogen and oxygen atoms in total. The van der Waals surface area contributed by atoms with E-state index in [1.54, 1.807) is 31.3 Å². The normalized spacial score (nSPS) is 11.8. The molecule has 1 rings (SSSR count). The fourth-order valence-electron chi connectivity index (χ4n) is 1.42. The highest BCUT2D eigenvalue weighted by Gasteiger charge is 2.12. The van der Waals surface area contributed by atoms with E-state index in [4.69, 9.17) is 10.5 Å². The van der Waals surface area contributed by atoms with Crippen LogP contribution < -0.4 is 15.8 Å². The van der Waals surface area contributed by atoms with Crippen LogP contribution in [-0.2, 0) is 21.3 Å². The summed E-state index contributed by atoms with van der Waals surface area (Å²) in [6, 6.07) is 6.54. The van der Waals surface area contributed by atoms with Crippen LogP contribution in [0.2, 0.25) is 0 Å². The number of rotatable bonds is 7. The average molecular weight is 428 g/mol. The Morgan fingerprint density at radius 2 is 1.95 bits per heavy atom. The molecule has 0 unspecified atom stereocenters. The Bertz CT molecular complexity index is 546. The Hall–Kier alpha value is -0.910. The summed E-state index contributed by atoms with van der Waals surface area (Å²) in [6.07, 6.45) is 0. The molecular formula is C12H21IN4O3S. The van der Waals surface area contributed by atoms with E-state index in [1.165, 1.54) is 7.11 Å². The summed E-state index contributed by atoms with van der Waals surface area (Å²) < 4.78 is 31.1. The third-order valence-electron chi connectivity index (χ3n) is 2.55. The molecule has 21 heavy (non-hydrogen) atoms. The van der Waals surface area contributed by atoms with Gasteiger partial charge in [0.25, 0.3) is 0 Å². The van der Waals surface area contributed by atoms with Gasteiger partial charge in [-0.3, -0.25) is 4.99 Å². The summed E-state index contributed by atoms with van der Waals surface area (Å²) in [6.45, 7) is 1.06. The smallest absolute Gasteiger partial charge is 0.240 e. The van der Waals surface area contributed by atoms with Crippen molar-refractivity contribution in [3.8, 4) is 0 Å². The minimum Gasteiger partial charge on any atom is -0.383 e. The molecule has 0 aromatic heterocycles. The first-order valence-corrected chi connectivity index (χ1v) is 7.51. The molecule has 0 heterocycles. The molecule has 1 aromatic carbocycles. The number of nitrogens with one attached hydrogen (secondary N) is 2. The number of hydrogen-bond acceptors (Lipinski definition) is 4. The molecule has 4 N–H and O–H groups in total. The fraction of sp³-hybridized carbons (Fsp3) is 0.417. The summed E-state index contributed by atoms with van der Waals surface area (Å²) in [5, 5.41) is 2.89. The maximum Gasteiger partial charge on any atom is 0.240 e. The zero-order valence-corrected chi connectivity index (χ0v) is 15.1. The largest absolute Gasteiger partial charge is 0.383 e. The van der Waals surface area contributed by atoms with Gasteiger partial charge in [0.1, 0.15) is 0 Å². The first-order chi connectivity index (χ1) is 9.49. The van der Waals surface area contributed by atoms with Gasteiger partial charge in [0.15, 0.2) is 5.96 Å². The first-order valence-electron chi connectivity index (χ1n) is 6.03. The molecule has 0 amide bonds. The number of hydrogen-bond donors (Lipinski definition) is 3. The summed E-state index contributed by atoms with van der Waals surface area (Å²) >= 11 is 0. The van der Waals surface area contributed by atoms with Crippen molar-refractivity contribution in [2.24, 2.45) is 10.7 Å². The second kappa shape index (κ2) is 9.92. The molecule has 9 heteroatoms. The van der Waals surface area contributed by atoms with Gasteiger partial charge in [-0.15, -0.1) is 24.0 Å². The van der Waals surface area contributed by atoms with Crippen LogP contribution in [0.25, 0.3) is 0 Å². The number of methoxy groups -OCH3 is 1. The van der Waals surface area contributed by atoms with Gasteiger partial charge in [-0.2, -0.15) is 0 Å². The maximum absolute atomic E-state index is 11.9. The lowest BCUT2D eigenvalue weighted by Gasteiger charge is -2.08. The van der Waals surface area contributed by atoms with Crippen LogP contribution in [-0.4, -0.2) is 41.7 Å². The van der Waals surface area contributed by atoms with Gasteiger partial charge in [0, 0.05) is 27.2 Å². The fourth-order valence-corrected chi connectivity index (χ4v) is 2.43. The van der Waals surface area contributed by atoms with Gasteiger partial charge in [-0.25, -0.2) is 13.1 Å². The van der Waals surface area contributed by atoms with E-state index in [0.29, 0.717) is 19.1 Å². The Morgan fingerprint density at radius 3 is 2.48 bits per heavy atom. The molecule has 0 fully saturated rings. The monoisotopic (exact) mass is 428 g/mol. The van der Waals surface area contributed by atoms with E-state index < -0.39 is 10.0 Å². The second-order valence-corrected chi connectivity index (χ2v) is 5.76. The van der Waals surface area contributed by atoms with E-state index in [2.05, 4.69) is 15.0 Å². The molecule has 0 spiro atoms. The molecule has 0 saturated carbocycles. The van der Waals surface area contributed by atoms with Crippen LogP contribution >= 0.6 is 24.0 Å². The standard InChI is InChI=1S/C12H20N4O3S.HI/c1-14-12(13)15-9-10-3-5-11(6-4-10)20(17,18)16-7-8-19-2;/h3-6,16H,7-9H2,1-2H3,(H3,13,14,15);1H. The average Bonchev–Trinajstić information content (AvgIpc) is 2.45. The minimum atomic E-state index is -3.48. The third kappa shape index (κ3) is 7.07.